The highest BCUT2D eigenvalue weighted by molar-refractivity contribution is 5.90. The molecule has 0 saturated carbocycles. The third kappa shape index (κ3) is 4.07. The zero-order valence-electron chi connectivity index (χ0n) is 15.7. The molecule has 2 aromatic heterocycles. The van der Waals surface area contributed by atoms with Crippen LogP contribution in [-0.2, 0) is 12.0 Å². The van der Waals surface area contributed by atoms with Gasteiger partial charge in [0.2, 0.25) is 5.56 Å². The van der Waals surface area contributed by atoms with Crippen LogP contribution in [0.1, 0.15) is 67.0 Å². The lowest BCUT2D eigenvalue weighted by molar-refractivity contribution is 0.0970. The van der Waals surface area contributed by atoms with Crippen molar-refractivity contribution in [2.45, 2.75) is 51.5 Å². The van der Waals surface area contributed by atoms with E-state index in [2.05, 4.69) is 30.7 Å². The fourth-order valence-corrected chi connectivity index (χ4v) is 3.68. The third-order valence-corrected chi connectivity index (χ3v) is 4.99. The van der Waals surface area contributed by atoms with Crippen LogP contribution in [0.25, 0.3) is 0 Å². The van der Waals surface area contributed by atoms with E-state index in [4.69, 9.17) is 10.2 Å². The van der Waals surface area contributed by atoms with E-state index < -0.39 is 5.91 Å². The predicted octanol–water partition coefficient (Wildman–Crippen LogP) is 2.74. The number of hydrogen-bond acceptors (Lipinski definition) is 4. The van der Waals surface area contributed by atoms with E-state index >= 15 is 0 Å². The largest absolute Gasteiger partial charge is 0.455 e. The number of rotatable bonds is 4. The number of pyridine rings is 1. The summed E-state index contributed by atoms with van der Waals surface area (Å²) in [6.45, 7) is 8.83. The maximum absolute atomic E-state index is 11.5. The van der Waals surface area contributed by atoms with Gasteiger partial charge in [0.05, 0.1) is 0 Å². The summed E-state index contributed by atoms with van der Waals surface area (Å²) in [4.78, 5) is 28.1. The van der Waals surface area contributed by atoms with Crippen LogP contribution in [0.2, 0.25) is 0 Å². The maximum Gasteiger partial charge on any atom is 0.284 e. The minimum Gasteiger partial charge on any atom is -0.455 e. The highest BCUT2D eigenvalue weighted by Crippen LogP contribution is 2.32. The van der Waals surface area contributed by atoms with Gasteiger partial charge < -0.3 is 15.1 Å². The number of nitrogens with two attached hydrogens (primary N) is 1. The maximum atomic E-state index is 11.5. The van der Waals surface area contributed by atoms with Crippen LogP contribution in [0.3, 0.4) is 0 Å². The number of nitrogens with zero attached hydrogens (tertiary/aromatic N) is 1. The van der Waals surface area contributed by atoms with E-state index in [-0.39, 0.29) is 16.7 Å². The van der Waals surface area contributed by atoms with Crippen LogP contribution in [0.4, 0.5) is 0 Å². The van der Waals surface area contributed by atoms with Crippen LogP contribution in [-0.4, -0.2) is 28.9 Å². The SMILES string of the molecule is CC(C)(C)c1oc(C(N)=O)cc1CN1CCC(c2cc[nH]c(=O)c2)CC1. The lowest BCUT2D eigenvalue weighted by Gasteiger charge is -2.32. The van der Waals surface area contributed by atoms with E-state index in [9.17, 15) is 9.59 Å². The fourth-order valence-electron chi connectivity index (χ4n) is 3.68. The first-order chi connectivity index (χ1) is 12.2. The Bertz CT molecular complexity index is 836. The van der Waals surface area contributed by atoms with Gasteiger partial charge in [-0.2, -0.15) is 0 Å². The molecular formula is C20H27N3O3. The van der Waals surface area contributed by atoms with Crippen molar-refractivity contribution < 1.29 is 9.21 Å². The van der Waals surface area contributed by atoms with Crippen LogP contribution in [0.15, 0.2) is 33.6 Å². The van der Waals surface area contributed by atoms with Crippen molar-refractivity contribution in [2.75, 3.05) is 13.1 Å². The molecule has 6 heteroatoms. The van der Waals surface area contributed by atoms with Crippen LogP contribution in [0.5, 0.6) is 0 Å². The lowest BCUT2D eigenvalue weighted by atomic mass is 9.88. The lowest BCUT2D eigenvalue weighted by Crippen LogP contribution is -2.33. The Balaban J connectivity index is 1.70. The number of hydrogen-bond donors (Lipinski definition) is 2. The van der Waals surface area contributed by atoms with Gasteiger partial charge in [-0.15, -0.1) is 0 Å². The molecule has 0 atom stereocenters. The summed E-state index contributed by atoms with van der Waals surface area (Å²) in [6.07, 6.45) is 3.74. The average molecular weight is 357 g/mol. The summed E-state index contributed by atoms with van der Waals surface area (Å²) in [6, 6.07) is 5.48. The summed E-state index contributed by atoms with van der Waals surface area (Å²) in [7, 11) is 0. The summed E-state index contributed by atoms with van der Waals surface area (Å²) in [5.41, 5.74) is 7.30. The van der Waals surface area contributed by atoms with Gasteiger partial charge in [-0.05, 0) is 49.5 Å². The highest BCUT2D eigenvalue weighted by Gasteiger charge is 2.28. The molecule has 0 aliphatic carbocycles. The van der Waals surface area contributed by atoms with E-state index in [0.29, 0.717) is 5.92 Å². The van der Waals surface area contributed by atoms with E-state index in [1.165, 1.54) is 0 Å². The third-order valence-electron chi connectivity index (χ3n) is 4.99. The number of likely N-dealkylation sites (tertiary alicyclic amines) is 1. The molecule has 1 amide bonds. The van der Waals surface area contributed by atoms with Gasteiger partial charge in [-0.3, -0.25) is 14.5 Å². The molecule has 1 aliphatic rings. The number of aromatic amines is 1. The van der Waals surface area contributed by atoms with Crippen LogP contribution in [0, 0.1) is 0 Å². The summed E-state index contributed by atoms with van der Waals surface area (Å²) < 4.78 is 5.75. The van der Waals surface area contributed by atoms with Gasteiger partial charge in [0.25, 0.3) is 5.91 Å². The summed E-state index contributed by atoms with van der Waals surface area (Å²) >= 11 is 0. The van der Waals surface area contributed by atoms with Crippen molar-refractivity contribution in [1.29, 1.82) is 0 Å². The van der Waals surface area contributed by atoms with Gasteiger partial charge in [0.1, 0.15) is 5.76 Å². The minimum absolute atomic E-state index is 0.0443. The Kier molecular flexibility index (Phi) is 5.05. The van der Waals surface area contributed by atoms with Crippen molar-refractivity contribution in [3.63, 3.8) is 0 Å². The number of amides is 1. The van der Waals surface area contributed by atoms with Gasteiger partial charge in [-0.1, -0.05) is 20.8 Å². The van der Waals surface area contributed by atoms with Gasteiger partial charge in [0, 0.05) is 29.8 Å². The number of H-pyrrole nitrogens is 1. The topological polar surface area (TPSA) is 92.3 Å². The molecule has 0 unspecified atom stereocenters. The molecule has 0 radical (unpaired) electrons. The number of primary amides is 1. The Morgan fingerprint density at radius 2 is 2.00 bits per heavy atom. The highest BCUT2D eigenvalue weighted by atomic mass is 16.4. The molecule has 1 aliphatic heterocycles. The van der Waals surface area contributed by atoms with Crippen LogP contribution >= 0.6 is 0 Å². The van der Waals surface area contributed by atoms with Gasteiger partial charge in [-0.25, -0.2) is 0 Å². The normalized spacial score (nSPS) is 16.7. The van der Waals surface area contributed by atoms with E-state index in [0.717, 1.165) is 49.4 Å². The van der Waals surface area contributed by atoms with Crippen molar-refractivity contribution in [1.82, 2.24) is 9.88 Å². The number of furan rings is 1. The number of aromatic nitrogens is 1. The standard InChI is InChI=1S/C20H27N3O3/c1-20(2,3)18-15(10-16(26-18)19(21)25)12-23-8-5-13(6-9-23)14-4-7-22-17(24)11-14/h4,7,10-11,13H,5-6,8-9,12H2,1-3H3,(H2,21,25)(H,22,24). The monoisotopic (exact) mass is 357 g/mol. The van der Waals surface area contributed by atoms with Crippen molar-refractivity contribution in [3.05, 3.63) is 57.4 Å². The van der Waals surface area contributed by atoms with Crippen LogP contribution < -0.4 is 11.3 Å². The first kappa shape index (κ1) is 18.5. The number of carbonyl (C=O) groups excluding carboxylic acids is 1. The van der Waals surface area contributed by atoms with Gasteiger partial charge in [0.15, 0.2) is 5.76 Å². The molecule has 26 heavy (non-hydrogen) atoms. The van der Waals surface area contributed by atoms with E-state index in [1.807, 2.05) is 6.07 Å². The molecule has 6 nitrogen and oxygen atoms in total. The molecule has 140 valence electrons. The first-order valence-corrected chi connectivity index (χ1v) is 9.08. The molecule has 2 aromatic rings. The Hall–Kier alpha value is -2.34. The molecule has 3 N–H and O–H groups in total. The molecule has 0 bridgehead atoms. The molecule has 3 heterocycles. The summed E-state index contributed by atoms with van der Waals surface area (Å²) in [5, 5.41) is 0. The molecule has 1 fully saturated rings. The Morgan fingerprint density at radius 1 is 1.31 bits per heavy atom. The molecule has 0 aromatic carbocycles. The van der Waals surface area contributed by atoms with Crippen molar-refractivity contribution in [2.24, 2.45) is 5.73 Å². The summed E-state index contributed by atoms with van der Waals surface area (Å²) in [5.74, 6) is 0.933. The average Bonchev–Trinajstić information content (AvgIpc) is 3.00. The number of nitrogens with one attached hydrogen (secondary N) is 1. The fraction of sp³-hybridized carbons (Fsp3) is 0.500. The Morgan fingerprint density at radius 3 is 2.58 bits per heavy atom. The molecule has 3 rings (SSSR count). The number of carbonyl (C=O) groups is 1. The number of piperidine rings is 1. The smallest absolute Gasteiger partial charge is 0.284 e. The molecule has 1 saturated heterocycles. The second-order valence-corrected chi connectivity index (χ2v) is 8.12. The van der Waals surface area contributed by atoms with E-state index in [1.54, 1.807) is 18.3 Å². The van der Waals surface area contributed by atoms with Crippen molar-refractivity contribution >= 4 is 5.91 Å². The predicted molar refractivity (Wildman–Crippen MR) is 100 cm³/mol. The first-order valence-electron chi connectivity index (χ1n) is 9.08. The molecule has 0 spiro atoms. The zero-order chi connectivity index (χ0) is 18.9. The zero-order valence-corrected chi connectivity index (χ0v) is 15.7. The second-order valence-electron chi connectivity index (χ2n) is 8.12. The molecular weight excluding hydrogens is 330 g/mol. The Labute approximate surface area is 153 Å². The van der Waals surface area contributed by atoms with Gasteiger partial charge >= 0.3 is 0 Å². The quantitative estimate of drug-likeness (QED) is 0.880. The van der Waals surface area contributed by atoms with Crippen molar-refractivity contribution in [3.8, 4) is 0 Å². The minimum atomic E-state index is -0.533. The second kappa shape index (κ2) is 7.11.